The Morgan fingerprint density at radius 1 is 1.05 bits per heavy atom. The third-order valence-electron chi connectivity index (χ3n) is 3.84. The number of rotatable bonds is 4. The van der Waals surface area contributed by atoms with Gasteiger partial charge in [0.25, 0.3) is 0 Å². The van der Waals surface area contributed by atoms with Crippen LogP contribution in [0.5, 0.6) is 0 Å². The highest BCUT2D eigenvalue weighted by Gasteiger charge is 2.37. The molecule has 0 aliphatic heterocycles. The lowest BCUT2D eigenvalue weighted by Gasteiger charge is -2.06. The van der Waals surface area contributed by atoms with Crippen LogP contribution in [-0.2, 0) is 0 Å². The van der Waals surface area contributed by atoms with Crippen LogP contribution < -0.4 is 5.32 Å². The first-order valence-corrected chi connectivity index (χ1v) is 6.78. The fourth-order valence-electron chi connectivity index (χ4n) is 2.51. The molecule has 1 aliphatic rings. The Morgan fingerprint density at radius 2 is 1.74 bits per heavy atom. The average molecular weight is 255 g/mol. The minimum Gasteiger partial charge on any atom is -0.385 e. The Hall–Kier alpha value is -1.83. The van der Waals surface area contributed by atoms with Crippen molar-refractivity contribution < 1.29 is 4.39 Å². The molecule has 1 aliphatic carbocycles. The van der Waals surface area contributed by atoms with Crippen LogP contribution in [0.4, 0.5) is 10.1 Å². The highest BCUT2D eigenvalue weighted by Crippen LogP contribution is 2.47. The summed E-state index contributed by atoms with van der Waals surface area (Å²) >= 11 is 0. The third kappa shape index (κ3) is 2.95. The lowest BCUT2D eigenvalue weighted by Crippen LogP contribution is -2.04. The molecule has 0 aromatic heterocycles. The zero-order valence-corrected chi connectivity index (χ0v) is 11.1. The van der Waals surface area contributed by atoms with Crippen molar-refractivity contribution in [1.82, 2.24) is 0 Å². The Labute approximate surface area is 113 Å². The summed E-state index contributed by atoms with van der Waals surface area (Å²) in [7, 11) is 0. The molecule has 0 amide bonds. The van der Waals surface area contributed by atoms with Gasteiger partial charge in [-0.15, -0.1) is 0 Å². The molecule has 2 aromatic rings. The largest absolute Gasteiger partial charge is 0.385 e. The van der Waals surface area contributed by atoms with E-state index < -0.39 is 0 Å². The number of halogens is 1. The fourth-order valence-corrected chi connectivity index (χ4v) is 2.51. The molecular weight excluding hydrogens is 237 g/mol. The van der Waals surface area contributed by atoms with Crippen LogP contribution >= 0.6 is 0 Å². The predicted octanol–water partition coefficient (Wildman–Crippen LogP) is 4.35. The van der Waals surface area contributed by atoms with Crippen LogP contribution in [0.3, 0.4) is 0 Å². The van der Waals surface area contributed by atoms with E-state index >= 15 is 0 Å². The molecule has 1 fully saturated rings. The van der Waals surface area contributed by atoms with E-state index in [9.17, 15) is 4.39 Å². The second-order valence-corrected chi connectivity index (χ2v) is 5.40. The van der Waals surface area contributed by atoms with Crippen LogP contribution in [-0.4, -0.2) is 6.54 Å². The second kappa shape index (κ2) is 5.04. The molecule has 0 radical (unpaired) electrons. The van der Waals surface area contributed by atoms with Gasteiger partial charge in [-0.2, -0.15) is 0 Å². The molecule has 2 heteroatoms. The highest BCUT2D eigenvalue weighted by atomic mass is 19.1. The van der Waals surface area contributed by atoms with E-state index in [1.807, 2.05) is 0 Å². The van der Waals surface area contributed by atoms with Crippen LogP contribution in [0.1, 0.15) is 23.5 Å². The van der Waals surface area contributed by atoms with Crippen LogP contribution in [0.15, 0.2) is 48.5 Å². The van der Waals surface area contributed by atoms with E-state index in [0.717, 1.165) is 12.2 Å². The molecule has 0 unspecified atom stereocenters. The van der Waals surface area contributed by atoms with Crippen molar-refractivity contribution in [1.29, 1.82) is 0 Å². The van der Waals surface area contributed by atoms with Crippen molar-refractivity contribution in [2.45, 2.75) is 19.3 Å². The third-order valence-corrected chi connectivity index (χ3v) is 3.84. The molecule has 3 rings (SSSR count). The summed E-state index contributed by atoms with van der Waals surface area (Å²) in [6, 6.07) is 15.4. The maximum atomic E-state index is 12.8. The number of hydrogen-bond acceptors (Lipinski definition) is 1. The van der Waals surface area contributed by atoms with Gasteiger partial charge in [0.1, 0.15) is 5.82 Å². The quantitative estimate of drug-likeness (QED) is 0.856. The number of benzene rings is 2. The predicted molar refractivity (Wildman–Crippen MR) is 76.9 cm³/mol. The van der Waals surface area contributed by atoms with Crippen molar-refractivity contribution in [3.63, 3.8) is 0 Å². The first kappa shape index (κ1) is 12.2. The Bertz CT molecular complexity index is 544. The molecule has 2 atom stereocenters. The average Bonchev–Trinajstić information content (AvgIpc) is 3.19. The maximum Gasteiger partial charge on any atom is 0.123 e. The van der Waals surface area contributed by atoms with Gasteiger partial charge in [0.15, 0.2) is 0 Å². The van der Waals surface area contributed by atoms with Gasteiger partial charge in [-0.25, -0.2) is 4.39 Å². The molecule has 98 valence electrons. The lowest BCUT2D eigenvalue weighted by atomic mass is 10.1. The normalized spacial score (nSPS) is 21.2. The minimum absolute atomic E-state index is 0.186. The van der Waals surface area contributed by atoms with Gasteiger partial charge in [-0.1, -0.05) is 29.8 Å². The smallest absolute Gasteiger partial charge is 0.123 e. The van der Waals surface area contributed by atoms with Crippen molar-refractivity contribution in [3.05, 3.63) is 65.5 Å². The molecule has 0 heterocycles. The molecule has 1 nitrogen and oxygen atoms in total. The van der Waals surface area contributed by atoms with E-state index in [1.165, 1.54) is 29.7 Å². The molecule has 1 saturated carbocycles. The van der Waals surface area contributed by atoms with Crippen molar-refractivity contribution in [2.75, 3.05) is 11.9 Å². The van der Waals surface area contributed by atoms with Gasteiger partial charge in [-0.05, 0) is 55.0 Å². The van der Waals surface area contributed by atoms with Crippen LogP contribution in [0, 0.1) is 18.7 Å². The standard InChI is InChI=1S/C17H18FN/c1-12-2-4-13(5-3-12)17-10-14(17)11-19-16-8-6-15(18)7-9-16/h2-9,14,17,19H,10-11H2,1H3/t14-,17-/m1/s1. The van der Waals surface area contributed by atoms with Gasteiger partial charge < -0.3 is 5.32 Å². The summed E-state index contributed by atoms with van der Waals surface area (Å²) in [4.78, 5) is 0. The summed E-state index contributed by atoms with van der Waals surface area (Å²) in [5.41, 5.74) is 3.75. The summed E-state index contributed by atoms with van der Waals surface area (Å²) < 4.78 is 12.8. The summed E-state index contributed by atoms with van der Waals surface area (Å²) in [5.74, 6) is 1.20. The molecule has 0 spiro atoms. The monoisotopic (exact) mass is 255 g/mol. The van der Waals surface area contributed by atoms with E-state index in [2.05, 4.69) is 36.5 Å². The van der Waals surface area contributed by atoms with E-state index in [-0.39, 0.29) is 5.82 Å². The Morgan fingerprint density at radius 3 is 2.42 bits per heavy atom. The van der Waals surface area contributed by atoms with Gasteiger partial charge >= 0.3 is 0 Å². The molecule has 2 aromatic carbocycles. The number of nitrogens with one attached hydrogen (secondary N) is 1. The Balaban J connectivity index is 1.53. The van der Waals surface area contributed by atoms with E-state index in [4.69, 9.17) is 0 Å². The fraction of sp³-hybridized carbons (Fsp3) is 0.294. The zero-order valence-electron chi connectivity index (χ0n) is 11.1. The molecular formula is C17H18FN. The van der Waals surface area contributed by atoms with Gasteiger partial charge in [-0.3, -0.25) is 0 Å². The molecule has 1 N–H and O–H groups in total. The molecule has 19 heavy (non-hydrogen) atoms. The van der Waals surface area contributed by atoms with Gasteiger partial charge in [0, 0.05) is 12.2 Å². The van der Waals surface area contributed by atoms with E-state index in [1.54, 1.807) is 12.1 Å². The lowest BCUT2D eigenvalue weighted by molar-refractivity contribution is 0.628. The van der Waals surface area contributed by atoms with E-state index in [0.29, 0.717) is 11.8 Å². The topological polar surface area (TPSA) is 12.0 Å². The summed E-state index contributed by atoms with van der Waals surface area (Å²) in [6.45, 7) is 3.08. The first-order chi connectivity index (χ1) is 9.22. The highest BCUT2D eigenvalue weighted by molar-refractivity contribution is 5.43. The zero-order chi connectivity index (χ0) is 13.2. The second-order valence-electron chi connectivity index (χ2n) is 5.40. The van der Waals surface area contributed by atoms with Crippen molar-refractivity contribution in [2.24, 2.45) is 5.92 Å². The van der Waals surface area contributed by atoms with Crippen LogP contribution in [0.25, 0.3) is 0 Å². The van der Waals surface area contributed by atoms with Gasteiger partial charge in [0.2, 0.25) is 0 Å². The summed E-state index contributed by atoms with van der Waals surface area (Å²) in [5, 5.41) is 3.38. The van der Waals surface area contributed by atoms with Crippen molar-refractivity contribution >= 4 is 5.69 Å². The molecule has 0 saturated heterocycles. The number of hydrogen-bond donors (Lipinski definition) is 1. The Kier molecular flexibility index (Phi) is 3.24. The molecule has 0 bridgehead atoms. The SMILES string of the molecule is Cc1ccc([C@H]2C[C@@H]2CNc2ccc(F)cc2)cc1. The van der Waals surface area contributed by atoms with Crippen molar-refractivity contribution in [3.8, 4) is 0 Å². The first-order valence-electron chi connectivity index (χ1n) is 6.78. The maximum absolute atomic E-state index is 12.8. The van der Waals surface area contributed by atoms with Crippen LogP contribution in [0.2, 0.25) is 0 Å². The summed E-state index contributed by atoms with van der Waals surface area (Å²) in [6.07, 6.45) is 1.25. The number of aryl methyl sites for hydroxylation is 1. The van der Waals surface area contributed by atoms with Gasteiger partial charge in [0.05, 0.1) is 0 Å². The minimum atomic E-state index is -0.186. The number of anilines is 1.